The largest absolute Gasteiger partial charge is 0.494 e. The van der Waals surface area contributed by atoms with Gasteiger partial charge in [0.2, 0.25) is 5.88 Å². The van der Waals surface area contributed by atoms with E-state index in [1.165, 1.54) is 31.5 Å². The monoisotopic (exact) mass is 380 g/mol. The molecule has 1 aromatic heterocycles. The van der Waals surface area contributed by atoms with Gasteiger partial charge >= 0.3 is 0 Å². The Hall–Kier alpha value is -2.34. The zero-order valence-corrected chi connectivity index (χ0v) is 15.8. The van der Waals surface area contributed by atoms with Crippen molar-refractivity contribution in [1.29, 1.82) is 0 Å². The van der Waals surface area contributed by atoms with Crippen LogP contribution in [0, 0.1) is 5.82 Å². The van der Waals surface area contributed by atoms with Gasteiger partial charge in [-0.15, -0.1) is 0 Å². The highest BCUT2D eigenvalue weighted by atomic mass is 35.5. The third-order valence-electron chi connectivity index (χ3n) is 3.95. The van der Waals surface area contributed by atoms with E-state index in [2.05, 4.69) is 10.3 Å². The van der Waals surface area contributed by atoms with Gasteiger partial charge in [0, 0.05) is 12.7 Å². The van der Waals surface area contributed by atoms with Crippen LogP contribution in [0.25, 0.3) is 0 Å². The Morgan fingerprint density at radius 2 is 2.04 bits per heavy atom. The molecule has 2 aromatic rings. The normalized spacial score (nSPS) is 10.7. The summed E-state index contributed by atoms with van der Waals surface area (Å²) in [6, 6.07) is 6.03. The Balaban J connectivity index is 2.15. The second kappa shape index (κ2) is 9.38. The molecule has 5 nitrogen and oxygen atoms in total. The lowest BCUT2D eigenvalue weighted by molar-refractivity contribution is 0.0940. The topological polar surface area (TPSA) is 60.5 Å². The van der Waals surface area contributed by atoms with Gasteiger partial charge in [-0.1, -0.05) is 31.5 Å². The van der Waals surface area contributed by atoms with Crippen molar-refractivity contribution in [3.8, 4) is 11.6 Å². The minimum Gasteiger partial charge on any atom is -0.494 e. The first-order chi connectivity index (χ1) is 12.5. The number of nitrogens with zero attached hydrogens (tertiary/aromatic N) is 1. The Morgan fingerprint density at radius 1 is 1.31 bits per heavy atom. The van der Waals surface area contributed by atoms with Gasteiger partial charge in [0.25, 0.3) is 5.91 Å². The number of amides is 1. The number of methoxy groups -OCH3 is 1. The summed E-state index contributed by atoms with van der Waals surface area (Å²) in [5.41, 5.74) is 0.772. The third-order valence-corrected chi connectivity index (χ3v) is 4.27. The van der Waals surface area contributed by atoms with Crippen LogP contribution in [0.1, 0.15) is 42.6 Å². The quantitative estimate of drug-likeness (QED) is 0.738. The van der Waals surface area contributed by atoms with E-state index >= 15 is 0 Å². The summed E-state index contributed by atoms with van der Waals surface area (Å²) in [6.07, 6.45) is 3.02. The molecule has 1 heterocycles. The zero-order valence-electron chi connectivity index (χ0n) is 15.0. The fraction of sp³-hybridized carbons (Fsp3) is 0.368. The van der Waals surface area contributed by atoms with Crippen molar-refractivity contribution in [3.05, 3.63) is 52.4 Å². The van der Waals surface area contributed by atoms with Gasteiger partial charge in [-0.25, -0.2) is 9.37 Å². The summed E-state index contributed by atoms with van der Waals surface area (Å²) in [7, 11) is 1.39. The van der Waals surface area contributed by atoms with Crippen molar-refractivity contribution < 1.29 is 18.7 Å². The fourth-order valence-corrected chi connectivity index (χ4v) is 2.64. The smallest absolute Gasteiger partial charge is 0.258 e. The molecule has 0 aliphatic heterocycles. The molecule has 7 heteroatoms. The molecule has 1 aromatic carbocycles. The third kappa shape index (κ3) is 4.85. The number of carbonyl (C=O) groups excluding carboxylic acids is 1. The number of rotatable bonds is 8. The van der Waals surface area contributed by atoms with Gasteiger partial charge in [-0.05, 0) is 36.6 Å². The molecule has 0 saturated heterocycles. The molecule has 0 saturated carbocycles. The van der Waals surface area contributed by atoms with E-state index in [0.717, 1.165) is 12.8 Å². The minimum atomic E-state index is -0.489. The molecule has 0 fully saturated rings. The average molecular weight is 381 g/mol. The summed E-state index contributed by atoms with van der Waals surface area (Å²) < 4.78 is 24.5. The maximum absolute atomic E-state index is 13.8. The molecule has 0 unspecified atom stereocenters. The first-order valence-corrected chi connectivity index (χ1v) is 8.79. The standard InChI is InChI=1S/C19H22ClFN2O3/c1-4-13(5-2)26-19-17(14(20)8-9-22-19)18(24)23-11-12-6-7-16(25-3)15(21)10-12/h6-10,13H,4-5,11H2,1-3H3,(H,23,24). The fourth-order valence-electron chi connectivity index (χ4n) is 2.42. The van der Waals surface area contributed by atoms with Crippen LogP contribution in [0.5, 0.6) is 11.6 Å². The zero-order chi connectivity index (χ0) is 19.1. The van der Waals surface area contributed by atoms with Crippen LogP contribution in [0.2, 0.25) is 5.02 Å². The number of carbonyl (C=O) groups is 1. The molecule has 2 rings (SSSR count). The lowest BCUT2D eigenvalue weighted by Gasteiger charge is -2.17. The molecule has 26 heavy (non-hydrogen) atoms. The number of benzene rings is 1. The first-order valence-electron chi connectivity index (χ1n) is 8.41. The number of aromatic nitrogens is 1. The van der Waals surface area contributed by atoms with E-state index in [-0.39, 0.29) is 34.9 Å². The lowest BCUT2D eigenvalue weighted by Crippen LogP contribution is -2.25. The predicted molar refractivity (Wildman–Crippen MR) is 98.4 cm³/mol. The Morgan fingerprint density at radius 3 is 2.65 bits per heavy atom. The summed E-state index contributed by atoms with van der Waals surface area (Å²) in [4.78, 5) is 16.7. The van der Waals surface area contributed by atoms with E-state index in [0.29, 0.717) is 5.56 Å². The number of nitrogens with one attached hydrogen (secondary N) is 1. The number of ether oxygens (including phenoxy) is 2. The predicted octanol–water partition coefficient (Wildman–Crippen LogP) is 4.38. The lowest BCUT2D eigenvalue weighted by atomic mass is 10.2. The van der Waals surface area contributed by atoms with E-state index in [4.69, 9.17) is 21.1 Å². The minimum absolute atomic E-state index is 0.0526. The highest BCUT2D eigenvalue weighted by Gasteiger charge is 2.20. The number of pyridine rings is 1. The van der Waals surface area contributed by atoms with E-state index in [1.54, 1.807) is 6.07 Å². The first kappa shape index (κ1) is 20.0. The number of halogens is 2. The Kier molecular flexibility index (Phi) is 7.21. The van der Waals surface area contributed by atoms with Gasteiger partial charge in [-0.3, -0.25) is 4.79 Å². The van der Waals surface area contributed by atoms with E-state index < -0.39 is 11.7 Å². The van der Waals surface area contributed by atoms with Crippen molar-refractivity contribution in [2.75, 3.05) is 7.11 Å². The van der Waals surface area contributed by atoms with Crippen LogP contribution in [0.4, 0.5) is 4.39 Å². The molecule has 0 aliphatic carbocycles. The molecule has 0 bridgehead atoms. The van der Waals surface area contributed by atoms with Crippen molar-refractivity contribution in [2.24, 2.45) is 0 Å². The van der Waals surface area contributed by atoms with Gasteiger partial charge in [0.05, 0.1) is 18.2 Å². The van der Waals surface area contributed by atoms with Crippen LogP contribution >= 0.6 is 11.6 Å². The SMILES string of the molecule is CCC(CC)Oc1nccc(Cl)c1C(=O)NCc1ccc(OC)c(F)c1. The number of hydrogen-bond donors (Lipinski definition) is 1. The summed E-state index contributed by atoms with van der Waals surface area (Å²) in [5.74, 6) is -0.572. The van der Waals surface area contributed by atoms with Crippen molar-refractivity contribution in [3.63, 3.8) is 0 Å². The van der Waals surface area contributed by atoms with Crippen molar-refractivity contribution >= 4 is 17.5 Å². The van der Waals surface area contributed by atoms with Gasteiger partial charge in [0.15, 0.2) is 11.6 Å². The van der Waals surface area contributed by atoms with Crippen LogP contribution in [-0.4, -0.2) is 24.1 Å². The highest BCUT2D eigenvalue weighted by Crippen LogP contribution is 2.26. The number of hydrogen-bond acceptors (Lipinski definition) is 4. The molecular formula is C19H22ClFN2O3. The van der Waals surface area contributed by atoms with Crippen molar-refractivity contribution in [2.45, 2.75) is 39.3 Å². The molecule has 0 spiro atoms. The molecule has 0 aliphatic rings. The maximum Gasteiger partial charge on any atom is 0.258 e. The summed E-state index contributed by atoms with van der Waals surface area (Å²) in [6.45, 7) is 4.13. The van der Waals surface area contributed by atoms with Crippen LogP contribution in [0.15, 0.2) is 30.5 Å². The second-order valence-electron chi connectivity index (χ2n) is 5.68. The van der Waals surface area contributed by atoms with Gasteiger partial charge in [0.1, 0.15) is 5.56 Å². The molecule has 0 atom stereocenters. The summed E-state index contributed by atoms with van der Waals surface area (Å²) in [5, 5.41) is 2.97. The van der Waals surface area contributed by atoms with Crippen LogP contribution in [-0.2, 0) is 6.54 Å². The van der Waals surface area contributed by atoms with Crippen LogP contribution in [0.3, 0.4) is 0 Å². The highest BCUT2D eigenvalue weighted by molar-refractivity contribution is 6.34. The second-order valence-corrected chi connectivity index (χ2v) is 6.09. The molecular weight excluding hydrogens is 359 g/mol. The molecule has 140 valence electrons. The van der Waals surface area contributed by atoms with Gasteiger partial charge in [-0.2, -0.15) is 0 Å². The van der Waals surface area contributed by atoms with Gasteiger partial charge < -0.3 is 14.8 Å². The van der Waals surface area contributed by atoms with Crippen LogP contribution < -0.4 is 14.8 Å². The Labute approximate surface area is 157 Å². The maximum atomic E-state index is 13.8. The molecule has 1 N–H and O–H groups in total. The summed E-state index contributed by atoms with van der Waals surface area (Å²) >= 11 is 6.18. The van der Waals surface area contributed by atoms with E-state index in [9.17, 15) is 9.18 Å². The van der Waals surface area contributed by atoms with Crippen molar-refractivity contribution in [1.82, 2.24) is 10.3 Å². The molecule has 1 amide bonds. The average Bonchev–Trinajstić information content (AvgIpc) is 2.64. The van der Waals surface area contributed by atoms with E-state index in [1.807, 2.05) is 13.8 Å². The Bertz CT molecular complexity index is 766. The molecule has 0 radical (unpaired) electrons.